The molecule has 0 spiro atoms. The largest absolute Gasteiger partial charge is 0.454 e. The number of carbonyl (C=O) groups excluding carboxylic acids is 1. The Bertz CT molecular complexity index is 504. The summed E-state index contributed by atoms with van der Waals surface area (Å²) in [4.78, 5) is 11.9. The first-order valence-corrected chi connectivity index (χ1v) is 7.15. The first kappa shape index (κ1) is 13.1. The van der Waals surface area contributed by atoms with E-state index in [4.69, 9.17) is 9.47 Å². The van der Waals surface area contributed by atoms with Gasteiger partial charge in [0.2, 0.25) is 6.79 Å². The van der Waals surface area contributed by atoms with Crippen molar-refractivity contribution < 1.29 is 14.3 Å². The predicted octanol–water partition coefficient (Wildman–Crippen LogP) is 2.40. The minimum atomic E-state index is -0.0959. The topological polar surface area (TPSA) is 59.6 Å². The van der Waals surface area contributed by atoms with E-state index in [0.717, 1.165) is 23.5 Å². The molecule has 5 heteroatoms. The van der Waals surface area contributed by atoms with Crippen LogP contribution in [0.3, 0.4) is 0 Å². The Balaban J connectivity index is 1.50. The predicted molar refractivity (Wildman–Crippen MR) is 74.7 cm³/mol. The average molecular weight is 276 g/mol. The van der Waals surface area contributed by atoms with Crippen LogP contribution in [-0.4, -0.2) is 18.9 Å². The SMILES string of the molecule is C[C@H]1CCC[C@@H]1NC(=O)NCc1ccc2c(c1)OCO2. The molecule has 3 rings (SSSR count). The van der Waals surface area contributed by atoms with Gasteiger partial charge in [-0.2, -0.15) is 0 Å². The molecular weight excluding hydrogens is 256 g/mol. The van der Waals surface area contributed by atoms with Crippen molar-refractivity contribution >= 4 is 6.03 Å². The van der Waals surface area contributed by atoms with Crippen LogP contribution < -0.4 is 20.1 Å². The Hall–Kier alpha value is -1.91. The third-order valence-corrected chi connectivity index (χ3v) is 4.07. The molecule has 1 aliphatic heterocycles. The van der Waals surface area contributed by atoms with Crippen LogP contribution in [0.2, 0.25) is 0 Å². The number of urea groups is 1. The van der Waals surface area contributed by atoms with Gasteiger partial charge in [-0.3, -0.25) is 0 Å². The number of rotatable bonds is 3. The lowest BCUT2D eigenvalue weighted by molar-refractivity contribution is 0.174. The van der Waals surface area contributed by atoms with Crippen LogP contribution in [0.4, 0.5) is 4.79 Å². The van der Waals surface area contributed by atoms with Crippen molar-refractivity contribution in [2.24, 2.45) is 5.92 Å². The second kappa shape index (κ2) is 5.61. The van der Waals surface area contributed by atoms with Crippen LogP contribution >= 0.6 is 0 Å². The van der Waals surface area contributed by atoms with E-state index >= 15 is 0 Å². The molecule has 1 aliphatic carbocycles. The maximum atomic E-state index is 11.9. The van der Waals surface area contributed by atoms with Crippen molar-refractivity contribution in [2.75, 3.05) is 6.79 Å². The lowest BCUT2D eigenvalue weighted by Gasteiger charge is -2.17. The molecule has 2 aliphatic rings. The van der Waals surface area contributed by atoms with Gasteiger partial charge in [0.05, 0.1) is 0 Å². The highest BCUT2D eigenvalue weighted by Crippen LogP contribution is 2.32. The number of nitrogens with one attached hydrogen (secondary N) is 2. The minimum Gasteiger partial charge on any atom is -0.454 e. The van der Waals surface area contributed by atoms with Gasteiger partial charge in [-0.15, -0.1) is 0 Å². The zero-order chi connectivity index (χ0) is 13.9. The molecule has 1 aromatic rings. The van der Waals surface area contributed by atoms with Crippen molar-refractivity contribution in [2.45, 2.75) is 38.8 Å². The summed E-state index contributed by atoms with van der Waals surface area (Å²) in [6.07, 6.45) is 3.49. The van der Waals surface area contributed by atoms with Crippen LogP contribution in [0.1, 0.15) is 31.7 Å². The molecule has 0 unspecified atom stereocenters. The fraction of sp³-hybridized carbons (Fsp3) is 0.533. The van der Waals surface area contributed by atoms with Crippen LogP contribution in [0.25, 0.3) is 0 Å². The van der Waals surface area contributed by atoms with Gasteiger partial charge in [0, 0.05) is 12.6 Å². The highest BCUT2D eigenvalue weighted by molar-refractivity contribution is 5.74. The highest BCUT2D eigenvalue weighted by atomic mass is 16.7. The molecule has 0 bridgehead atoms. The molecule has 0 saturated heterocycles. The molecule has 5 nitrogen and oxygen atoms in total. The van der Waals surface area contributed by atoms with E-state index in [0.29, 0.717) is 18.5 Å². The van der Waals surface area contributed by atoms with Gasteiger partial charge in [0.1, 0.15) is 0 Å². The van der Waals surface area contributed by atoms with Crippen molar-refractivity contribution in [3.8, 4) is 11.5 Å². The van der Waals surface area contributed by atoms with Gasteiger partial charge in [-0.25, -0.2) is 4.79 Å². The number of ether oxygens (including phenoxy) is 2. The molecule has 20 heavy (non-hydrogen) atoms. The van der Waals surface area contributed by atoms with E-state index in [2.05, 4.69) is 17.6 Å². The van der Waals surface area contributed by atoms with Crippen molar-refractivity contribution in [3.63, 3.8) is 0 Å². The molecule has 1 heterocycles. The van der Waals surface area contributed by atoms with E-state index in [1.807, 2.05) is 18.2 Å². The van der Waals surface area contributed by atoms with Gasteiger partial charge in [-0.05, 0) is 36.5 Å². The Morgan fingerprint density at radius 2 is 2.15 bits per heavy atom. The molecule has 2 N–H and O–H groups in total. The monoisotopic (exact) mass is 276 g/mol. The second-order valence-corrected chi connectivity index (χ2v) is 5.53. The van der Waals surface area contributed by atoms with E-state index in [1.165, 1.54) is 12.8 Å². The van der Waals surface area contributed by atoms with E-state index in [9.17, 15) is 4.79 Å². The summed E-state index contributed by atoms with van der Waals surface area (Å²) in [5, 5.41) is 5.94. The highest BCUT2D eigenvalue weighted by Gasteiger charge is 2.24. The van der Waals surface area contributed by atoms with Crippen LogP contribution in [0.5, 0.6) is 11.5 Å². The van der Waals surface area contributed by atoms with Gasteiger partial charge in [0.25, 0.3) is 0 Å². The first-order valence-electron chi connectivity index (χ1n) is 7.15. The Morgan fingerprint density at radius 1 is 1.30 bits per heavy atom. The standard InChI is InChI=1S/C15H20N2O3/c1-10-3-2-4-12(10)17-15(18)16-8-11-5-6-13-14(7-11)20-9-19-13/h5-7,10,12H,2-4,8-9H2,1H3,(H2,16,17,18)/t10-,12-/m0/s1. The maximum Gasteiger partial charge on any atom is 0.315 e. The van der Waals surface area contributed by atoms with Crippen LogP contribution in [-0.2, 0) is 6.54 Å². The lowest BCUT2D eigenvalue weighted by atomic mass is 10.1. The maximum absolute atomic E-state index is 11.9. The number of benzene rings is 1. The summed E-state index contributed by atoms with van der Waals surface area (Å²) >= 11 is 0. The number of carbonyl (C=O) groups is 1. The number of amides is 2. The van der Waals surface area contributed by atoms with Gasteiger partial charge in [-0.1, -0.05) is 19.4 Å². The molecule has 1 saturated carbocycles. The Labute approximate surface area is 118 Å². The smallest absolute Gasteiger partial charge is 0.315 e. The zero-order valence-electron chi connectivity index (χ0n) is 11.6. The fourth-order valence-electron chi connectivity index (χ4n) is 2.81. The molecule has 0 aromatic heterocycles. The van der Waals surface area contributed by atoms with Crippen molar-refractivity contribution in [1.82, 2.24) is 10.6 Å². The fourth-order valence-corrected chi connectivity index (χ4v) is 2.81. The lowest BCUT2D eigenvalue weighted by Crippen LogP contribution is -2.42. The second-order valence-electron chi connectivity index (χ2n) is 5.53. The van der Waals surface area contributed by atoms with Crippen molar-refractivity contribution in [1.29, 1.82) is 0 Å². The molecule has 2 atom stereocenters. The summed E-state index contributed by atoms with van der Waals surface area (Å²) in [7, 11) is 0. The van der Waals surface area contributed by atoms with E-state index in [-0.39, 0.29) is 12.8 Å². The Kier molecular flexibility index (Phi) is 3.67. The number of hydrogen-bond acceptors (Lipinski definition) is 3. The molecule has 1 fully saturated rings. The number of fused-ring (bicyclic) bond motifs is 1. The van der Waals surface area contributed by atoms with E-state index < -0.39 is 0 Å². The summed E-state index contributed by atoms with van der Waals surface area (Å²) in [6, 6.07) is 5.93. The van der Waals surface area contributed by atoms with Gasteiger partial charge < -0.3 is 20.1 Å². The molecule has 0 radical (unpaired) electrons. The molecular formula is C15H20N2O3. The minimum absolute atomic E-state index is 0.0959. The Morgan fingerprint density at radius 3 is 2.95 bits per heavy atom. The number of hydrogen-bond donors (Lipinski definition) is 2. The summed E-state index contributed by atoms with van der Waals surface area (Å²) in [5.74, 6) is 2.08. The quantitative estimate of drug-likeness (QED) is 0.891. The van der Waals surface area contributed by atoms with Gasteiger partial charge in [0.15, 0.2) is 11.5 Å². The molecule has 2 amide bonds. The zero-order valence-corrected chi connectivity index (χ0v) is 11.6. The molecule has 1 aromatic carbocycles. The van der Waals surface area contributed by atoms with Crippen LogP contribution in [0.15, 0.2) is 18.2 Å². The third kappa shape index (κ3) is 2.81. The summed E-state index contributed by atoms with van der Waals surface area (Å²) < 4.78 is 10.6. The normalized spacial score (nSPS) is 23.6. The third-order valence-electron chi connectivity index (χ3n) is 4.07. The van der Waals surface area contributed by atoms with E-state index in [1.54, 1.807) is 0 Å². The van der Waals surface area contributed by atoms with Crippen molar-refractivity contribution in [3.05, 3.63) is 23.8 Å². The molecule has 108 valence electrons. The first-order chi connectivity index (χ1) is 9.72. The van der Waals surface area contributed by atoms with Crippen LogP contribution in [0, 0.1) is 5.92 Å². The average Bonchev–Trinajstić information content (AvgIpc) is 3.05. The summed E-state index contributed by atoms with van der Waals surface area (Å²) in [5.41, 5.74) is 1.00. The van der Waals surface area contributed by atoms with Gasteiger partial charge >= 0.3 is 6.03 Å². The summed E-state index contributed by atoms with van der Waals surface area (Å²) in [6.45, 7) is 2.95.